The first kappa shape index (κ1) is 11.5. The minimum Gasteiger partial charge on any atom is -0.449 e. The molecular formula is C11H13N3O3. The first-order valence-corrected chi connectivity index (χ1v) is 5.52. The molecule has 0 spiro atoms. The maximum absolute atomic E-state index is 10.5. The summed E-state index contributed by atoms with van der Waals surface area (Å²) in [6.45, 7) is 0. The number of nitro groups is 1. The molecule has 1 aliphatic heterocycles. The molecule has 0 aliphatic carbocycles. The van der Waals surface area contributed by atoms with E-state index in [9.17, 15) is 10.1 Å². The van der Waals surface area contributed by atoms with Gasteiger partial charge >= 0.3 is 0 Å². The van der Waals surface area contributed by atoms with Crippen LogP contribution >= 0.6 is 0 Å². The van der Waals surface area contributed by atoms with E-state index in [1.54, 1.807) is 18.5 Å². The van der Waals surface area contributed by atoms with E-state index in [-0.39, 0.29) is 11.7 Å². The molecule has 0 saturated carbocycles. The fourth-order valence-electron chi connectivity index (χ4n) is 1.73. The van der Waals surface area contributed by atoms with E-state index in [0.717, 1.165) is 25.2 Å². The number of dihydropyridines is 1. The highest BCUT2D eigenvalue weighted by molar-refractivity contribution is 5.76. The Morgan fingerprint density at radius 2 is 2.47 bits per heavy atom. The third kappa shape index (κ3) is 3.24. The maximum Gasteiger partial charge on any atom is 0.283 e. The van der Waals surface area contributed by atoms with Crippen LogP contribution in [-0.4, -0.2) is 22.2 Å². The van der Waals surface area contributed by atoms with Crippen molar-refractivity contribution < 1.29 is 9.34 Å². The summed E-state index contributed by atoms with van der Waals surface area (Å²) in [4.78, 5) is 18.2. The number of hydrogen-bond donors (Lipinski definition) is 0. The summed E-state index contributed by atoms with van der Waals surface area (Å²) >= 11 is 0. The number of aromatic nitrogens is 1. The highest BCUT2D eigenvalue weighted by Crippen LogP contribution is 2.15. The van der Waals surface area contributed by atoms with Gasteiger partial charge in [0.1, 0.15) is 6.26 Å². The molecule has 90 valence electrons. The molecule has 0 amide bonds. The molecule has 0 aromatic carbocycles. The first-order valence-electron chi connectivity index (χ1n) is 5.52. The normalized spacial score (nSPS) is 19.1. The number of allylic oxidation sites excluding steroid dienone is 1. The van der Waals surface area contributed by atoms with Crippen molar-refractivity contribution in [2.45, 2.75) is 31.7 Å². The summed E-state index contributed by atoms with van der Waals surface area (Å²) in [6.07, 6.45) is 9.39. The zero-order chi connectivity index (χ0) is 12.1. The van der Waals surface area contributed by atoms with Crippen LogP contribution in [0.5, 0.6) is 0 Å². The number of aryl methyl sites for hydroxylation is 1. The largest absolute Gasteiger partial charge is 0.449 e. The molecule has 0 radical (unpaired) electrons. The van der Waals surface area contributed by atoms with Gasteiger partial charge in [-0.25, -0.2) is 4.98 Å². The summed E-state index contributed by atoms with van der Waals surface area (Å²) in [6, 6.07) is 0.147. The third-order valence-corrected chi connectivity index (χ3v) is 2.64. The molecule has 17 heavy (non-hydrogen) atoms. The van der Waals surface area contributed by atoms with Crippen molar-refractivity contribution >= 4 is 6.21 Å². The predicted molar refractivity (Wildman–Crippen MR) is 61.4 cm³/mol. The Morgan fingerprint density at radius 1 is 1.59 bits per heavy atom. The molecule has 0 bridgehead atoms. The minimum absolute atomic E-state index is 0.0916. The Kier molecular flexibility index (Phi) is 3.64. The van der Waals surface area contributed by atoms with Crippen LogP contribution in [0.15, 0.2) is 33.6 Å². The van der Waals surface area contributed by atoms with Crippen molar-refractivity contribution in [1.29, 1.82) is 0 Å². The molecule has 1 aromatic rings. The van der Waals surface area contributed by atoms with E-state index in [1.807, 2.05) is 0 Å². The van der Waals surface area contributed by atoms with Crippen LogP contribution in [0, 0.1) is 10.1 Å². The van der Waals surface area contributed by atoms with Gasteiger partial charge in [0.25, 0.3) is 5.70 Å². The van der Waals surface area contributed by atoms with Crippen molar-refractivity contribution in [2.24, 2.45) is 4.99 Å². The van der Waals surface area contributed by atoms with Gasteiger partial charge in [-0.05, 0) is 25.3 Å². The molecule has 1 aromatic heterocycles. The second-order valence-electron chi connectivity index (χ2n) is 3.87. The minimum atomic E-state index is -0.410. The van der Waals surface area contributed by atoms with Gasteiger partial charge in [0.15, 0.2) is 5.89 Å². The Hall–Kier alpha value is -1.98. The van der Waals surface area contributed by atoms with Crippen molar-refractivity contribution in [1.82, 2.24) is 4.98 Å². The topological polar surface area (TPSA) is 81.5 Å². The Labute approximate surface area is 98.2 Å². The highest BCUT2D eigenvalue weighted by atomic mass is 16.6. The summed E-state index contributed by atoms with van der Waals surface area (Å²) in [5, 5.41) is 10.5. The number of hydrogen-bond acceptors (Lipinski definition) is 5. The van der Waals surface area contributed by atoms with Crippen LogP contribution in [0.25, 0.3) is 0 Å². The lowest BCUT2D eigenvalue weighted by Crippen LogP contribution is -2.12. The molecular weight excluding hydrogens is 222 g/mol. The molecule has 0 N–H and O–H groups in total. The van der Waals surface area contributed by atoms with Crippen molar-refractivity contribution in [3.05, 3.63) is 40.2 Å². The van der Waals surface area contributed by atoms with Gasteiger partial charge in [-0.1, -0.05) is 0 Å². The van der Waals surface area contributed by atoms with E-state index in [1.165, 1.54) is 6.21 Å². The zero-order valence-corrected chi connectivity index (χ0v) is 9.28. The summed E-state index contributed by atoms with van der Waals surface area (Å²) in [7, 11) is 0. The van der Waals surface area contributed by atoms with Crippen LogP contribution in [0.2, 0.25) is 0 Å². The molecule has 1 unspecified atom stereocenters. The summed E-state index contributed by atoms with van der Waals surface area (Å²) in [5.74, 6) is 0.728. The van der Waals surface area contributed by atoms with E-state index in [2.05, 4.69) is 9.98 Å². The first-order chi connectivity index (χ1) is 8.25. The van der Waals surface area contributed by atoms with Crippen LogP contribution in [0.3, 0.4) is 0 Å². The molecule has 1 aliphatic rings. The molecule has 2 heterocycles. The summed E-state index contributed by atoms with van der Waals surface area (Å²) < 4.78 is 5.12. The van der Waals surface area contributed by atoms with Crippen LogP contribution in [0.1, 0.15) is 25.2 Å². The quantitative estimate of drug-likeness (QED) is 0.577. The Balaban J connectivity index is 1.72. The SMILES string of the molecule is O=[N+]([O-])C1=CCC(CCCc2ncco2)N=C1. The van der Waals surface area contributed by atoms with Gasteiger partial charge in [-0.3, -0.25) is 15.1 Å². The monoisotopic (exact) mass is 235 g/mol. The average Bonchev–Trinajstić information content (AvgIpc) is 2.83. The van der Waals surface area contributed by atoms with Crippen LogP contribution in [-0.2, 0) is 6.42 Å². The summed E-state index contributed by atoms with van der Waals surface area (Å²) in [5.41, 5.74) is 0.0916. The van der Waals surface area contributed by atoms with E-state index in [0.29, 0.717) is 6.42 Å². The Bertz CT molecular complexity index is 437. The van der Waals surface area contributed by atoms with Crippen molar-refractivity contribution in [3.63, 3.8) is 0 Å². The second kappa shape index (κ2) is 5.38. The highest BCUT2D eigenvalue weighted by Gasteiger charge is 2.16. The second-order valence-corrected chi connectivity index (χ2v) is 3.87. The molecule has 2 rings (SSSR count). The van der Waals surface area contributed by atoms with Gasteiger partial charge in [0.2, 0.25) is 0 Å². The van der Waals surface area contributed by atoms with Crippen molar-refractivity contribution in [2.75, 3.05) is 0 Å². The smallest absolute Gasteiger partial charge is 0.283 e. The standard InChI is InChI=1S/C11H13N3O3/c15-14(16)10-5-4-9(13-8-10)2-1-3-11-12-6-7-17-11/h5-9H,1-4H2. The Morgan fingerprint density at radius 3 is 3.06 bits per heavy atom. The third-order valence-electron chi connectivity index (χ3n) is 2.64. The lowest BCUT2D eigenvalue weighted by molar-refractivity contribution is -0.414. The molecule has 6 heteroatoms. The molecule has 6 nitrogen and oxygen atoms in total. The van der Waals surface area contributed by atoms with Crippen molar-refractivity contribution in [3.8, 4) is 0 Å². The molecule has 0 saturated heterocycles. The lowest BCUT2D eigenvalue weighted by atomic mass is 10.0. The van der Waals surface area contributed by atoms with E-state index < -0.39 is 4.92 Å². The van der Waals surface area contributed by atoms with Gasteiger partial charge in [-0.15, -0.1) is 0 Å². The molecule has 1 atom stereocenters. The fraction of sp³-hybridized carbons (Fsp3) is 0.455. The van der Waals surface area contributed by atoms with Crippen LogP contribution < -0.4 is 0 Å². The number of rotatable bonds is 5. The lowest BCUT2D eigenvalue weighted by Gasteiger charge is -2.11. The maximum atomic E-state index is 10.5. The van der Waals surface area contributed by atoms with Gasteiger partial charge < -0.3 is 4.42 Å². The number of oxazole rings is 1. The zero-order valence-electron chi connectivity index (χ0n) is 9.28. The number of nitrogens with zero attached hydrogens (tertiary/aromatic N) is 3. The average molecular weight is 235 g/mol. The van der Waals surface area contributed by atoms with Gasteiger partial charge in [0, 0.05) is 6.42 Å². The van der Waals surface area contributed by atoms with Gasteiger partial charge in [-0.2, -0.15) is 0 Å². The predicted octanol–water partition coefficient (Wildman–Crippen LogP) is 2.00. The van der Waals surface area contributed by atoms with E-state index >= 15 is 0 Å². The molecule has 0 fully saturated rings. The fourth-order valence-corrected chi connectivity index (χ4v) is 1.73. The van der Waals surface area contributed by atoms with E-state index in [4.69, 9.17) is 4.42 Å². The van der Waals surface area contributed by atoms with Gasteiger partial charge in [0.05, 0.1) is 23.4 Å². The number of aliphatic imine (C=N–C) groups is 1. The van der Waals surface area contributed by atoms with Crippen LogP contribution in [0.4, 0.5) is 0 Å².